The number of rotatable bonds is 6. The van der Waals surface area contributed by atoms with Crippen LogP contribution >= 0.6 is 0 Å². The van der Waals surface area contributed by atoms with E-state index in [1.54, 1.807) is 18.2 Å². The van der Waals surface area contributed by atoms with E-state index in [1.807, 2.05) is 0 Å². The number of carbonyl (C=O) groups is 1. The third kappa shape index (κ3) is 5.73. The zero-order valence-electron chi connectivity index (χ0n) is 18.1. The van der Waals surface area contributed by atoms with E-state index in [4.69, 9.17) is 0 Å². The third-order valence-corrected chi connectivity index (χ3v) is 7.73. The van der Waals surface area contributed by atoms with Gasteiger partial charge < -0.3 is 5.32 Å². The summed E-state index contributed by atoms with van der Waals surface area (Å²) < 4.78 is 28.5. The smallest absolute Gasteiger partial charge is 0.240 e. The SMILES string of the molecule is Cc1ccc(CN2CCC(CNS(=O)(=O)c3ccc4c(c3)CCCC(=O)N4)CC2)cc1. The van der Waals surface area contributed by atoms with Crippen LogP contribution in [0, 0.1) is 12.8 Å². The topological polar surface area (TPSA) is 78.5 Å². The number of amides is 1. The summed E-state index contributed by atoms with van der Waals surface area (Å²) in [5.74, 6) is 0.338. The number of carbonyl (C=O) groups excluding carboxylic acids is 1. The Bertz CT molecular complexity index is 1030. The third-order valence-electron chi connectivity index (χ3n) is 6.31. The molecule has 31 heavy (non-hydrogen) atoms. The molecule has 4 rings (SSSR count). The summed E-state index contributed by atoms with van der Waals surface area (Å²) in [6.45, 7) is 5.48. The first kappa shape index (κ1) is 22.0. The van der Waals surface area contributed by atoms with Gasteiger partial charge in [-0.1, -0.05) is 29.8 Å². The highest BCUT2D eigenvalue weighted by Gasteiger charge is 2.23. The van der Waals surface area contributed by atoms with Crippen LogP contribution in [0.25, 0.3) is 0 Å². The zero-order chi connectivity index (χ0) is 21.8. The minimum Gasteiger partial charge on any atom is -0.326 e. The second-order valence-electron chi connectivity index (χ2n) is 8.78. The summed E-state index contributed by atoms with van der Waals surface area (Å²) in [6.07, 6.45) is 3.89. The summed E-state index contributed by atoms with van der Waals surface area (Å²) in [4.78, 5) is 14.4. The van der Waals surface area contributed by atoms with Crippen LogP contribution in [-0.2, 0) is 27.8 Å². The Morgan fingerprint density at radius 2 is 1.81 bits per heavy atom. The number of hydrogen-bond donors (Lipinski definition) is 2. The van der Waals surface area contributed by atoms with Crippen molar-refractivity contribution in [2.75, 3.05) is 25.0 Å². The first-order valence-corrected chi connectivity index (χ1v) is 12.6. The second-order valence-corrected chi connectivity index (χ2v) is 10.5. The van der Waals surface area contributed by atoms with Gasteiger partial charge in [-0.05, 0) is 80.9 Å². The number of fused-ring (bicyclic) bond motifs is 1. The van der Waals surface area contributed by atoms with Crippen LogP contribution in [0.15, 0.2) is 47.4 Å². The molecule has 1 fully saturated rings. The fraction of sp³-hybridized carbons (Fsp3) is 0.458. The molecule has 0 bridgehead atoms. The van der Waals surface area contributed by atoms with Crippen molar-refractivity contribution < 1.29 is 13.2 Å². The van der Waals surface area contributed by atoms with Crippen molar-refractivity contribution in [1.29, 1.82) is 0 Å². The van der Waals surface area contributed by atoms with E-state index in [2.05, 4.69) is 46.1 Å². The minimum absolute atomic E-state index is 0.0128. The second kappa shape index (κ2) is 9.51. The quantitative estimate of drug-likeness (QED) is 0.720. The first-order chi connectivity index (χ1) is 14.9. The normalized spacial score (nSPS) is 18.3. The lowest BCUT2D eigenvalue weighted by molar-refractivity contribution is -0.116. The summed E-state index contributed by atoms with van der Waals surface area (Å²) in [7, 11) is -3.56. The molecule has 0 spiro atoms. The molecule has 2 aromatic carbocycles. The summed E-state index contributed by atoms with van der Waals surface area (Å²) in [6, 6.07) is 13.6. The predicted molar refractivity (Wildman–Crippen MR) is 122 cm³/mol. The lowest BCUT2D eigenvalue weighted by Crippen LogP contribution is -2.38. The van der Waals surface area contributed by atoms with Gasteiger partial charge in [0, 0.05) is 25.2 Å². The number of benzene rings is 2. The number of piperidine rings is 1. The molecule has 2 N–H and O–H groups in total. The molecule has 2 aromatic rings. The van der Waals surface area contributed by atoms with E-state index < -0.39 is 10.0 Å². The first-order valence-electron chi connectivity index (χ1n) is 11.1. The highest BCUT2D eigenvalue weighted by atomic mass is 32.2. The molecule has 0 saturated carbocycles. The summed E-state index contributed by atoms with van der Waals surface area (Å²) >= 11 is 0. The van der Waals surface area contributed by atoms with Crippen LogP contribution in [0.1, 0.15) is 42.4 Å². The van der Waals surface area contributed by atoms with E-state index in [1.165, 1.54) is 11.1 Å². The molecule has 2 heterocycles. The van der Waals surface area contributed by atoms with Gasteiger partial charge in [-0.2, -0.15) is 0 Å². The Balaban J connectivity index is 1.29. The van der Waals surface area contributed by atoms with Crippen LogP contribution < -0.4 is 10.0 Å². The fourth-order valence-electron chi connectivity index (χ4n) is 4.33. The van der Waals surface area contributed by atoms with Gasteiger partial charge in [0.15, 0.2) is 0 Å². The van der Waals surface area contributed by atoms with Crippen LogP contribution in [0.3, 0.4) is 0 Å². The lowest BCUT2D eigenvalue weighted by Gasteiger charge is -2.32. The standard InChI is InChI=1S/C24H31N3O3S/c1-18-5-7-20(8-6-18)17-27-13-11-19(12-14-27)16-25-31(29,30)22-9-10-23-21(15-22)3-2-4-24(28)26-23/h5-10,15,19,25H,2-4,11-14,16-17H2,1H3,(H,26,28). The Hall–Kier alpha value is -2.22. The Morgan fingerprint density at radius 1 is 1.06 bits per heavy atom. The maximum Gasteiger partial charge on any atom is 0.240 e. The van der Waals surface area contributed by atoms with Gasteiger partial charge in [-0.3, -0.25) is 9.69 Å². The molecule has 1 amide bonds. The number of anilines is 1. The van der Waals surface area contributed by atoms with Crippen LogP contribution in [0.2, 0.25) is 0 Å². The highest BCUT2D eigenvalue weighted by molar-refractivity contribution is 7.89. The number of aryl methyl sites for hydroxylation is 2. The van der Waals surface area contributed by atoms with Crippen LogP contribution in [-0.4, -0.2) is 38.9 Å². The molecular weight excluding hydrogens is 410 g/mol. The van der Waals surface area contributed by atoms with Gasteiger partial charge in [0.1, 0.15) is 0 Å². The van der Waals surface area contributed by atoms with Crippen molar-refractivity contribution in [1.82, 2.24) is 9.62 Å². The maximum atomic E-state index is 12.8. The van der Waals surface area contributed by atoms with E-state index >= 15 is 0 Å². The molecule has 0 aliphatic carbocycles. The molecular formula is C24H31N3O3S. The Labute approximate surface area is 185 Å². The van der Waals surface area contributed by atoms with Gasteiger partial charge in [-0.25, -0.2) is 13.1 Å². The van der Waals surface area contributed by atoms with E-state index in [0.29, 0.717) is 25.3 Å². The summed E-state index contributed by atoms with van der Waals surface area (Å²) in [5, 5.41) is 2.85. The average Bonchev–Trinajstić information content (AvgIpc) is 2.95. The number of sulfonamides is 1. The van der Waals surface area contributed by atoms with Crippen molar-refractivity contribution in [3.8, 4) is 0 Å². The molecule has 1 saturated heterocycles. The van der Waals surface area contributed by atoms with Crippen molar-refractivity contribution in [3.63, 3.8) is 0 Å². The van der Waals surface area contributed by atoms with Gasteiger partial charge in [-0.15, -0.1) is 0 Å². The molecule has 2 aliphatic rings. The molecule has 0 atom stereocenters. The number of likely N-dealkylation sites (tertiary alicyclic amines) is 1. The van der Waals surface area contributed by atoms with Crippen molar-refractivity contribution in [2.24, 2.45) is 5.92 Å². The highest BCUT2D eigenvalue weighted by Crippen LogP contribution is 2.25. The largest absolute Gasteiger partial charge is 0.326 e. The van der Waals surface area contributed by atoms with Gasteiger partial charge in [0.05, 0.1) is 4.90 Å². The van der Waals surface area contributed by atoms with E-state index in [9.17, 15) is 13.2 Å². The van der Waals surface area contributed by atoms with E-state index in [0.717, 1.165) is 50.1 Å². The Kier molecular flexibility index (Phi) is 6.74. The van der Waals surface area contributed by atoms with E-state index in [-0.39, 0.29) is 10.8 Å². The number of nitrogens with one attached hydrogen (secondary N) is 2. The Morgan fingerprint density at radius 3 is 2.55 bits per heavy atom. The maximum absolute atomic E-state index is 12.8. The van der Waals surface area contributed by atoms with Gasteiger partial charge >= 0.3 is 0 Å². The number of nitrogens with zero attached hydrogens (tertiary/aromatic N) is 1. The van der Waals surface area contributed by atoms with Gasteiger partial charge in [0.2, 0.25) is 15.9 Å². The summed E-state index contributed by atoms with van der Waals surface area (Å²) in [5.41, 5.74) is 4.21. The van der Waals surface area contributed by atoms with Crippen LogP contribution in [0.5, 0.6) is 0 Å². The molecule has 166 valence electrons. The molecule has 0 aromatic heterocycles. The molecule has 7 heteroatoms. The zero-order valence-corrected chi connectivity index (χ0v) is 18.9. The molecule has 2 aliphatic heterocycles. The predicted octanol–water partition coefficient (Wildman–Crippen LogP) is 3.46. The molecule has 6 nitrogen and oxygen atoms in total. The fourth-order valence-corrected chi connectivity index (χ4v) is 5.50. The number of hydrogen-bond acceptors (Lipinski definition) is 4. The minimum atomic E-state index is -3.56. The average molecular weight is 442 g/mol. The monoisotopic (exact) mass is 441 g/mol. The molecule has 0 unspecified atom stereocenters. The van der Waals surface area contributed by atoms with Crippen molar-refractivity contribution >= 4 is 21.6 Å². The van der Waals surface area contributed by atoms with Crippen molar-refractivity contribution in [2.45, 2.75) is 50.5 Å². The molecule has 0 radical (unpaired) electrons. The lowest BCUT2D eigenvalue weighted by atomic mass is 9.97. The van der Waals surface area contributed by atoms with Crippen LogP contribution in [0.4, 0.5) is 5.69 Å². The van der Waals surface area contributed by atoms with Crippen molar-refractivity contribution in [3.05, 3.63) is 59.2 Å². The van der Waals surface area contributed by atoms with Gasteiger partial charge in [0.25, 0.3) is 0 Å².